The SMILES string of the molecule is C=CC(/C=C/C(O)N1CCC[C@@H]1CN1CC[I-]C[C@@H]1C)I=C/C=C/C(F)F. The van der Waals surface area contributed by atoms with Gasteiger partial charge in [0.2, 0.25) is 0 Å². The molecule has 0 bridgehead atoms. The average molecular weight is 607 g/mol. The third-order valence-corrected chi connectivity index (χ3v) is 10.6. The summed E-state index contributed by atoms with van der Waals surface area (Å²) in [6, 6.07) is 1.11. The molecule has 1 N–H and O–H groups in total. The second kappa shape index (κ2) is 12.8. The van der Waals surface area contributed by atoms with Crippen LogP contribution in [0.4, 0.5) is 8.78 Å². The standard InChI is InChI=1S/C20H31F2I2N2O/c1-3-17(24-10-4-7-19(21)22)8-9-20(27)26-12-5-6-18(26)15-25-13-11-23-14-16(25)2/h3-4,7-10,16-20,27H,1,5-6,11-15H2,2H3/q-1/b7-4+,9-8+/t16-,17?,18+,20?/m0/s1. The Labute approximate surface area is 182 Å². The third-order valence-electron chi connectivity index (χ3n) is 4.91. The molecule has 2 aliphatic heterocycles. The Morgan fingerprint density at radius 2 is 2.11 bits per heavy atom. The Bertz CT molecular complexity index is 542. The van der Waals surface area contributed by atoms with Crippen LogP contribution in [0.5, 0.6) is 0 Å². The van der Waals surface area contributed by atoms with Crippen molar-refractivity contribution in [2.75, 3.05) is 28.5 Å². The summed E-state index contributed by atoms with van der Waals surface area (Å²) in [6.07, 6.45) is 7.33. The van der Waals surface area contributed by atoms with Gasteiger partial charge in [0, 0.05) is 0 Å². The zero-order valence-electron chi connectivity index (χ0n) is 15.9. The van der Waals surface area contributed by atoms with Crippen LogP contribution in [0.15, 0.2) is 37.0 Å². The molecule has 0 amide bonds. The number of hydrogen-bond acceptors (Lipinski definition) is 3. The summed E-state index contributed by atoms with van der Waals surface area (Å²) in [4.78, 5) is 4.82. The Kier molecular flexibility index (Phi) is 11.1. The van der Waals surface area contributed by atoms with Crippen LogP contribution >= 0.6 is 20.7 Å². The van der Waals surface area contributed by atoms with E-state index >= 15 is 0 Å². The van der Waals surface area contributed by atoms with Gasteiger partial charge >= 0.3 is 156 Å². The first-order valence-corrected chi connectivity index (χ1v) is 15.0. The summed E-state index contributed by atoms with van der Waals surface area (Å²) in [5.74, 6) is 0. The first kappa shape index (κ1) is 23.6. The summed E-state index contributed by atoms with van der Waals surface area (Å²) in [7, 11) is 0. The van der Waals surface area contributed by atoms with Gasteiger partial charge in [0.05, 0.1) is 0 Å². The summed E-state index contributed by atoms with van der Waals surface area (Å²) in [5.41, 5.74) is 0. The molecular weight excluding hydrogens is 576 g/mol. The molecule has 0 spiro atoms. The summed E-state index contributed by atoms with van der Waals surface area (Å²) in [6.45, 7) is 9.38. The van der Waals surface area contributed by atoms with E-state index in [1.165, 1.54) is 21.5 Å². The van der Waals surface area contributed by atoms with Crippen LogP contribution in [0.2, 0.25) is 0 Å². The van der Waals surface area contributed by atoms with E-state index in [1.54, 1.807) is 0 Å². The smallest absolute Gasteiger partial charge is 0.206 e. The first-order valence-electron chi connectivity index (χ1n) is 9.43. The normalized spacial score (nSPS) is 28.6. The van der Waals surface area contributed by atoms with Crippen LogP contribution in [0.3, 0.4) is 0 Å². The minimum absolute atomic E-state index is 0.146. The molecule has 2 heterocycles. The van der Waals surface area contributed by atoms with Gasteiger partial charge in [-0.2, -0.15) is 0 Å². The molecule has 7 heteroatoms. The molecule has 0 aromatic carbocycles. The predicted molar refractivity (Wildman–Crippen MR) is 115 cm³/mol. The fraction of sp³-hybridized carbons (Fsp3) is 0.650. The van der Waals surface area contributed by atoms with Gasteiger partial charge in [-0.25, -0.2) is 8.78 Å². The van der Waals surface area contributed by atoms with Crippen molar-refractivity contribution in [2.45, 2.75) is 48.4 Å². The number of aliphatic hydroxyl groups is 1. The number of halogens is 4. The van der Waals surface area contributed by atoms with Crippen molar-refractivity contribution in [1.29, 1.82) is 0 Å². The van der Waals surface area contributed by atoms with Crippen molar-refractivity contribution in [3.05, 3.63) is 37.0 Å². The minimum atomic E-state index is -2.40. The minimum Gasteiger partial charge on any atom is -0.206 e. The zero-order valence-corrected chi connectivity index (χ0v) is 20.2. The summed E-state index contributed by atoms with van der Waals surface area (Å²) in [5, 5.41) is 10.7. The predicted octanol–water partition coefficient (Wildman–Crippen LogP) is 0.267. The van der Waals surface area contributed by atoms with E-state index < -0.39 is 33.4 Å². The topological polar surface area (TPSA) is 26.7 Å². The quantitative estimate of drug-likeness (QED) is 0.232. The van der Waals surface area contributed by atoms with Crippen LogP contribution in [-0.4, -0.2) is 76.1 Å². The zero-order chi connectivity index (χ0) is 19.6. The van der Waals surface area contributed by atoms with Crippen molar-refractivity contribution < 1.29 is 35.1 Å². The van der Waals surface area contributed by atoms with Crippen LogP contribution in [-0.2, 0) is 0 Å². The van der Waals surface area contributed by atoms with Gasteiger partial charge in [0.25, 0.3) is 6.43 Å². The van der Waals surface area contributed by atoms with Crippen LogP contribution < -0.4 is 21.2 Å². The summed E-state index contributed by atoms with van der Waals surface area (Å²) < 4.78 is 29.0. The molecule has 3 nitrogen and oxygen atoms in total. The second-order valence-electron chi connectivity index (χ2n) is 6.86. The van der Waals surface area contributed by atoms with Gasteiger partial charge in [-0.05, 0) is 6.08 Å². The van der Waals surface area contributed by atoms with Crippen molar-refractivity contribution in [1.82, 2.24) is 9.80 Å². The molecule has 0 radical (unpaired) electrons. The monoisotopic (exact) mass is 607 g/mol. The molecule has 2 unspecified atom stereocenters. The second-order valence-corrected chi connectivity index (χ2v) is 12.8. The van der Waals surface area contributed by atoms with Crippen molar-refractivity contribution >= 4 is 24.7 Å². The van der Waals surface area contributed by atoms with Gasteiger partial charge in [-0.3, -0.25) is 0 Å². The molecule has 4 atom stereocenters. The molecule has 2 saturated heterocycles. The molecule has 2 rings (SSSR count). The maximum atomic E-state index is 12.1. The number of hydrogen-bond donors (Lipinski definition) is 1. The Hall–Kier alpha value is 0.290. The molecular formula is C20H31F2I2N2O-. The van der Waals surface area contributed by atoms with E-state index in [-0.39, 0.29) is 3.92 Å². The fourth-order valence-electron chi connectivity index (χ4n) is 3.41. The number of rotatable bonds is 9. The van der Waals surface area contributed by atoms with Gasteiger partial charge in [0.1, 0.15) is 0 Å². The van der Waals surface area contributed by atoms with Crippen molar-refractivity contribution in [3.63, 3.8) is 0 Å². The molecule has 0 saturated carbocycles. The first-order chi connectivity index (χ1) is 13.0. The van der Waals surface area contributed by atoms with E-state index in [4.69, 9.17) is 0 Å². The van der Waals surface area contributed by atoms with E-state index in [0.717, 1.165) is 32.0 Å². The Balaban J connectivity index is 1.89. The Morgan fingerprint density at radius 3 is 2.81 bits per heavy atom. The Morgan fingerprint density at radius 1 is 1.30 bits per heavy atom. The number of nitrogens with zero attached hydrogens (tertiary/aromatic N) is 2. The maximum absolute atomic E-state index is 12.1. The third kappa shape index (κ3) is 8.28. The van der Waals surface area contributed by atoms with E-state index in [9.17, 15) is 13.9 Å². The summed E-state index contributed by atoms with van der Waals surface area (Å²) >= 11 is -0.0292. The van der Waals surface area contributed by atoms with Crippen molar-refractivity contribution in [3.8, 4) is 0 Å². The number of aliphatic hydroxyl groups excluding tert-OH is 1. The van der Waals surface area contributed by atoms with E-state index in [1.807, 2.05) is 22.2 Å². The van der Waals surface area contributed by atoms with Gasteiger partial charge in [-0.15, -0.1) is 0 Å². The molecule has 0 aromatic rings. The molecule has 2 aliphatic rings. The van der Waals surface area contributed by atoms with E-state index in [0.29, 0.717) is 33.3 Å². The van der Waals surface area contributed by atoms with Crippen LogP contribution in [0.25, 0.3) is 0 Å². The average Bonchev–Trinajstić information content (AvgIpc) is 3.11. The van der Waals surface area contributed by atoms with Gasteiger partial charge in [-0.1, -0.05) is 6.08 Å². The van der Waals surface area contributed by atoms with Crippen LogP contribution in [0.1, 0.15) is 19.8 Å². The number of likely N-dealkylation sites (tertiary alicyclic amines) is 1. The van der Waals surface area contributed by atoms with Crippen molar-refractivity contribution in [2.24, 2.45) is 0 Å². The molecule has 156 valence electrons. The molecule has 0 aliphatic carbocycles. The van der Waals surface area contributed by atoms with E-state index in [2.05, 4.69) is 23.3 Å². The van der Waals surface area contributed by atoms with Gasteiger partial charge < -0.3 is 0 Å². The van der Waals surface area contributed by atoms with Gasteiger partial charge in [0.15, 0.2) is 0 Å². The number of allylic oxidation sites excluding steroid dienone is 4. The fourth-order valence-corrected chi connectivity index (χ4v) is 8.00. The molecule has 27 heavy (non-hydrogen) atoms. The molecule has 0 aromatic heterocycles. The van der Waals surface area contributed by atoms with Crippen LogP contribution in [0, 0.1) is 0 Å². The molecule has 2 fully saturated rings. The number of alkyl halides is 5.